The average Bonchev–Trinajstić information content (AvgIpc) is 3.18. The number of amides is 2. The van der Waals surface area contributed by atoms with Crippen LogP contribution in [0.4, 0.5) is 5.69 Å². The first-order valence-electron chi connectivity index (χ1n) is 29.6. The second-order valence-electron chi connectivity index (χ2n) is 24.0. The van der Waals surface area contributed by atoms with Crippen LogP contribution in [0.2, 0.25) is 0 Å². The number of likely N-dealkylation sites (N-methyl/N-ethyl adjacent to an activating group) is 1. The van der Waals surface area contributed by atoms with Gasteiger partial charge in [0, 0.05) is 93.9 Å². The van der Waals surface area contributed by atoms with Crippen molar-refractivity contribution in [1.82, 2.24) is 20.4 Å². The maximum Gasteiger partial charge on any atom is 0.328 e. The number of fused-ring (bicyclic) bond motifs is 5. The Morgan fingerprint density at radius 3 is 2.41 bits per heavy atom. The molecule has 6 N–H and O–H groups in total. The van der Waals surface area contributed by atoms with Crippen molar-refractivity contribution >= 4 is 41.0 Å². The highest BCUT2D eigenvalue weighted by Gasteiger charge is 2.78. The van der Waals surface area contributed by atoms with Crippen molar-refractivity contribution < 1.29 is 72.8 Å². The van der Waals surface area contributed by atoms with Gasteiger partial charge < -0.3 is 64.4 Å². The molecule has 2 bridgehead atoms. The minimum Gasteiger partial charge on any atom is -0.496 e. The summed E-state index contributed by atoms with van der Waals surface area (Å²) in [5.41, 5.74) is -0.330. The minimum atomic E-state index is -2.41. The van der Waals surface area contributed by atoms with E-state index in [0.717, 1.165) is 27.8 Å². The van der Waals surface area contributed by atoms with Crippen molar-refractivity contribution in [3.63, 3.8) is 0 Å². The summed E-state index contributed by atoms with van der Waals surface area (Å²) in [6.45, 7) is 9.95. The van der Waals surface area contributed by atoms with Crippen molar-refractivity contribution in [1.29, 1.82) is 0 Å². The van der Waals surface area contributed by atoms with Gasteiger partial charge in [-0.25, -0.2) is 4.79 Å². The number of aliphatic hydroxyl groups excluding tert-OH is 2. The normalized spacial score (nSPS) is 31.6. The first kappa shape index (κ1) is 61.1. The molecule has 3 fully saturated rings. The van der Waals surface area contributed by atoms with Crippen LogP contribution in [0.5, 0.6) is 5.75 Å². The zero-order valence-corrected chi connectivity index (χ0v) is 49.1. The fourth-order valence-corrected chi connectivity index (χ4v) is 15.8. The van der Waals surface area contributed by atoms with E-state index < -0.39 is 87.8 Å². The van der Waals surface area contributed by atoms with Crippen LogP contribution in [0, 0.1) is 11.3 Å². The number of nitrogens with one attached hydrogen (secondary N) is 2. The summed E-state index contributed by atoms with van der Waals surface area (Å²) in [5.74, 6) is -2.59. The second kappa shape index (κ2) is 24.6. The molecular formula is C62H87N5O15. The third kappa shape index (κ3) is 10.5. The quantitative estimate of drug-likeness (QED) is 0.0306. The Bertz CT molecular complexity index is 2790. The van der Waals surface area contributed by atoms with Crippen LogP contribution in [0.15, 0.2) is 54.1 Å². The fraction of sp³-hybridized carbons (Fsp3) is 0.661. The molecule has 13 atom stereocenters. The molecule has 2 aliphatic carbocycles. The van der Waals surface area contributed by atoms with Crippen molar-refractivity contribution in [2.75, 3.05) is 92.4 Å². The van der Waals surface area contributed by atoms with Gasteiger partial charge in [0.25, 0.3) is 5.91 Å². The summed E-state index contributed by atoms with van der Waals surface area (Å²) in [4.78, 5) is 75.5. The Kier molecular flexibility index (Phi) is 18.4. The molecule has 1 saturated carbocycles. The van der Waals surface area contributed by atoms with Crippen LogP contribution in [0.25, 0.3) is 5.57 Å². The molecule has 20 heteroatoms. The smallest absolute Gasteiger partial charge is 0.328 e. The summed E-state index contributed by atoms with van der Waals surface area (Å²) in [7, 11) is 6.28. The van der Waals surface area contributed by atoms with E-state index in [0.29, 0.717) is 101 Å². The lowest BCUT2D eigenvalue weighted by molar-refractivity contribution is -0.203. The number of piperidine rings is 1. The van der Waals surface area contributed by atoms with E-state index in [2.05, 4.69) is 38.6 Å². The first-order chi connectivity index (χ1) is 39.3. The highest BCUT2D eigenvalue weighted by Crippen LogP contribution is 2.68. The van der Waals surface area contributed by atoms with Gasteiger partial charge in [-0.2, -0.15) is 0 Å². The van der Waals surface area contributed by atoms with Gasteiger partial charge >= 0.3 is 17.9 Å². The molecule has 450 valence electrons. The Morgan fingerprint density at radius 2 is 1.71 bits per heavy atom. The monoisotopic (exact) mass is 1140 g/mol. The van der Waals surface area contributed by atoms with Crippen LogP contribution in [-0.4, -0.2) is 195 Å². The van der Waals surface area contributed by atoms with E-state index in [-0.39, 0.29) is 64.0 Å². The summed E-state index contributed by atoms with van der Waals surface area (Å²) in [5, 5.41) is 53.6. The van der Waals surface area contributed by atoms with Crippen molar-refractivity contribution in [3.8, 4) is 5.75 Å². The van der Waals surface area contributed by atoms with E-state index in [9.17, 15) is 34.8 Å². The molecule has 9 rings (SSSR count). The van der Waals surface area contributed by atoms with Crippen molar-refractivity contribution in [2.45, 2.75) is 163 Å². The van der Waals surface area contributed by atoms with Crippen molar-refractivity contribution in [2.24, 2.45) is 11.3 Å². The predicted octanol–water partition coefficient (Wildman–Crippen LogP) is 3.60. The summed E-state index contributed by atoms with van der Waals surface area (Å²) < 4.78 is 33.9. The van der Waals surface area contributed by atoms with Gasteiger partial charge in [-0.1, -0.05) is 57.2 Å². The Balaban J connectivity index is 0.957. The highest BCUT2D eigenvalue weighted by atomic mass is 16.7. The predicted molar refractivity (Wildman–Crippen MR) is 303 cm³/mol. The number of nitrogens with zero attached hydrogens (tertiary/aromatic N) is 3. The molecule has 8 unspecified atom stereocenters. The largest absolute Gasteiger partial charge is 0.496 e. The molecular weight excluding hydrogens is 1050 g/mol. The third-order valence-electron chi connectivity index (χ3n) is 19.6. The number of esters is 3. The zero-order valence-electron chi connectivity index (χ0n) is 49.1. The lowest BCUT2D eigenvalue weighted by Crippen LogP contribution is -2.81. The number of carbonyl (C=O) groups is 5. The van der Waals surface area contributed by atoms with Crippen LogP contribution in [-0.2, 0) is 64.9 Å². The Hall–Kier alpha value is -5.45. The number of hydrogen-bond acceptors (Lipinski definition) is 18. The molecule has 2 aromatic carbocycles. The van der Waals surface area contributed by atoms with E-state index in [1.165, 1.54) is 21.1 Å². The SMILES string of the molecule is CCC(CO)OC(COC(=O)CCCC(=O)N[C@H](C)C(=O)OCCCNC(=O)[C@]1(O)C2N(C)c3cc(OC)c([C@@]4(C(=O)OC)CC5CN(CCC6=C4Cc4ccccc46)CC(O)(CC)C5)cc3C23CCN2CC=C[C@](CC)(C23)[C@H]1O)OC. The van der Waals surface area contributed by atoms with Gasteiger partial charge in [0.1, 0.15) is 29.9 Å². The molecule has 2 aromatic rings. The maximum absolute atomic E-state index is 15.6. The number of carbonyl (C=O) groups excluding carboxylic acids is 5. The second-order valence-corrected chi connectivity index (χ2v) is 24.0. The highest BCUT2D eigenvalue weighted by molar-refractivity contribution is 5.96. The minimum absolute atomic E-state index is 0.0258. The molecule has 2 saturated heterocycles. The van der Waals surface area contributed by atoms with Crippen LogP contribution >= 0.6 is 0 Å². The molecule has 5 aliphatic heterocycles. The lowest BCUT2D eigenvalue weighted by atomic mass is 9.47. The number of methoxy groups -OCH3 is 3. The number of anilines is 1. The van der Waals surface area contributed by atoms with E-state index >= 15 is 9.59 Å². The van der Waals surface area contributed by atoms with Gasteiger partial charge in [0.2, 0.25) is 5.91 Å². The average molecular weight is 1140 g/mol. The fourth-order valence-electron chi connectivity index (χ4n) is 15.8. The zero-order chi connectivity index (χ0) is 58.9. The molecule has 20 nitrogen and oxygen atoms in total. The Labute approximate surface area is 481 Å². The van der Waals surface area contributed by atoms with Crippen molar-refractivity contribution in [3.05, 3.63) is 76.4 Å². The molecule has 82 heavy (non-hydrogen) atoms. The third-order valence-corrected chi connectivity index (χ3v) is 19.6. The number of rotatable bonds is 23. The number of benzene rings is 2. The van der Waals surface area contributed by atoms with Crippen LogP contribution < -0.4 is 20.3 Å². The molecule has 1 spiro atoms. The van der Waals surface area contributed by atoms with Crippen LogP contribution in [0.3, 0.4) is 0 Å². The van der Waals surface area contributed by atoms with E-state index in [4.69, 9.17) is 28.4 Å². The number of aliphatic hydroxyl groups is 4. The molecule has 5 heterocycles. The first-order valence-corrected chi connectivity index (χ1v) is 29.6. The molecule has 0 radical (unpaired) electrons. The van der Waals surface area contributed by atoms with Gasteiger partial charge in [0.15, 0.2) is 11.9 Å². The maximum atomic E-state index is 15.6. The molecule has 2 amide bonds. The summed E-state index contributed by atoms with van der Waals surface area (Å²) >= 11 is 0. The van der Waals surface area contributed by atoms with Gasteiger partial charge in [-0.05, 0) is 117 Å². The van der Waals surface area contributed by atoms with Crippen LogP contribution in [0.1, 0.15) is 121 Å². The summed E-state index contributed by atoms with van der Waals surface area (Å²) in [6.07, 6.45) is 5.37. The van der Waals surface area contributed by atoms with Gasteiger partial charge in [0.05, 0.1) is 45.2 Å². The molecule has 7 aliphatic rings. The number of ether oxygens (including phenoxy) is 6. The topological polar surface area (TPSA) is 255 Å². The van der Waals surface area contributed by atoms with Gasteiger partial charge in [-0.3, -0.25) is 29.0 Å². The standard InChI is InChI=1S/C62H87N5O15/c1-9-41(35-68)82-51(78-7)36-81-50(70)20-14-19-49(69)64-38(4)52(71)80-28-16-24-63-56(73)62(76)54-60(23-27-67-25-15-22-59(11-3,53(60)67)55(62)72)45-30-46(48(77-6)31-47(45)65(54)5)61(57(74)79-8)33-39-32-58(75,10-2)37-66(34-39)26-21-43-42-18-13-12-17-40(42)29-44(43)61/h12-13,15,17-18,22,30-31,38-39,41,51,53-55,68,72,75-76H,9-11,14,16,19-21,23-29,32-37H2,1-8H3,(H,63,73)(H,64,69)/t38-,39?,41?,51?,53?,54?,55-,58?,59-,60?,61-,62+/m1/s1. The number of hydrogen-bond donors (Lipinski definition) is 6. The Morgan fingerprint density at radius 1 is 0.927 bits per heavy atom. The van der Waals surface area contributed by atoms with E-state index in [1.807, 2.05) is 63.1 Å². The lowest BCUT2D eigenvalue weighted by Gasteiger charge is -2.63. The molecule has 0 aromatic heterocycles. The summed E-state index contributed by atoms with van der Waals surface area (Å²) in [6, 6.07) is 10.0. The van der Waals surface area contributed by atoms with Gasteiger partial charge in [-0.15, -0.1) is 0 Å². The van der Waals surface area contributed by atoms with E-state index in [1.54, 1.807) is 7.11 Å².